The average molecular weight is 1880 g/mol. The summed E-state index contributed by atoms with van der Waals surface area (Å²) in [5, 5.41) is 37.5. The van der Waals surface area contributed by atoms with Crippen molar-refractivity contribution in [2.75, 3.05) is 112 Å². The maximum atomic E-state index is 12.0. The maximum absolute atomic E-state index is 12.0. The number of ether oxygens (including phenoxy) is 8. The first-order valence-corrected chi connectivity index (χ1v) is 44.6. The summed E-state index contributed by atoms with van der Waals surface area (Å²) in [5.41, 5.74) is 5.53. The SMILES string of the molecule is C.C.C=CCCBr.C=CCCN(CCC=C)C(=O)OCc1ccccc1.C=CCCN(CCC=C)Cc1ccccc1.CO.CO.CO[C@H]1CCN(C(=O)OCc2ccccc2)CC[C@@H]1O.CO[C@H]1CCNCC[C@@H]1O.O=C(Cl)OCc1ccccc1.O=C(OCc1ccccc1)N1CCC2OC2CC1.O=C(OCc1ccccc1)N1CCC=CCC1.O=S(=O)(O)O. The normalized spacial score (nSPS) is 16.6. The van der Waals surface area contributed by atoms with E-state index in [1.165, 1.54) is 5.56 Å². The van der Waals surface area contributed by atoms with Crippen LogP contribution < -0.4 is 5.32 Å². The van der Waals surface area contributed by atoms with Gasteiger partial charge in [-0.05, 0) is 130 Å². The van der Waals surface area contributed by atoms with Gasteiger partial charge >= 0.3 is 40.2 Å². The van der Waals surface area contributed by atoms with Crippen molar-refractivity contribution in [3.8, 4) is 0 Å². The number of nitrogens with zero attached hydrogens (tertiary/aromatic N) is 5. The summed E-state index contributed by atoms with van der Waals surface area (Å²) in [6.45, 7) is 30.2. The number of hydrogen-bond acceptors (Lipinski definition) is 21. The van der Waals surface area contributed by atoms with Gasteiger partial charge in [0.1, 0.15) is 33.0 Å². The van der Waals surface area contributed by atoms with Crippen LogP contribution in [0.3, 0.4) is 0 Å². The van der Waals surface area contributed by atoms with Gasteiger partial charge in [-0.15, -0.1) is 32.9 Å². The van der Waals surface area contributed by atoms with Crippen molar-refractivity contribution < 1.29 is 99.8 Å². The quantitative estimate of drug-likeness (QED) is 0.00599. The second kappa shape index (κ2) is 78.8. The number of epoxide rings is 1. The molecule has 4 fully saturated rings. The molecule has 7 N–H and O–H groups in total. The Bertz CT molecular complexity index is 3870. The van der Waals surface area contributed by atoms with E-state index in [2.05, 4.69) is 106 Å². The van der Waals surface area contributed by atoms with Crippen molar-refractivity contribution >= 4 is 67.7 Å². The molecular weight excluding hydrogens is 1730 g/mol. The van der Waals surface area contributed by atoms with Gasteiger partial charge in [0.2, 0.25) is 0 Å². The lowest BCUT2D eigenvalue weighted by molar-refractivity contribution is -0.0122. The lowest BCUT2D eigenvalue weighted by Gasteiger charge is -2.21. The molecule has 30 heteroatoms. The van der Waals surface area contributed by atoms with E-state index in [0.29, 0.717) is 71.0 Å². The second-order valence-corrected chi connectivity index (χ2v) is 29.8. The summed E-state index contributed by atoms with van der Waals surface area (Å²) < 4.78 is 73.1. The summed E-state index contributed by atoms with van der Waals surface area (Å²) in [7, 11) is 0.566. The number of fused-ring (bicyclic) bond motifs is 1. The van der Waals surface area contributed by atoms with E-state index in [1.807, 2.05) is 170 Å². The first-order chi connectivity index (χ1) is 60.6. The summed E-state index contributed by atoms with van der Waals surface area (Å²) in [5.74, 6) is 0. The molecule has 0 saturated carbocycles. The van der Waals surface area contributed by atoms with Gasteiger partial charge in [0.25, 0.3) is 0 Å². The molecule has 5 heterocycles. The Morgan fingerprint density at radius 1 is 0.449 bits per heavy atom. The van der Waals surface area contributed by atoms with Crippen LogP contribution in [0, 0.1) is 0 Å². The van der Waals surface area contributed by atoms with E-state index in [9.17, 15) is 34.2 Å². The van der Waals surface area contributed by atoms with Crippen molar-refractivity contribution in [2.24, 2.45) is 0 Å². The number of halogens is 2. The van der Waals surface area contributed by atoms with Gasteiger partial charge in [0, 0.05) is 117 Å². The molecule has 6 aromatic rings. The van der Waals surface area contributed by atoms with Crippen LogP contribution >= 0.6 is 27.5 Å². The summed E-state index contributed by atoms with van der Waals surface area (Å²) in [6.07, 6.45) is 23.7. The first kappa shape index (κ1) is 120. The van der Waals surface area contributed by atoms with Crippen LogP contribution in [-0.4, -0.2) is 241 Å². The van der Waals surface area contributed by atoms with Crippen molar-refractivity contribution in [1.29, 1.82) is 0 Å². The molecule has 11 rings (SSSR count). The monoisotopic (exact) mass is 1870 g/mol. The summed E-state index contributed by atoms with van der Waals surface area (Å²) >= 11 is 8.20. The van der Waals surface area contributed by atoms with Crippen LogP contribution in [0.1, 0.15) is 132 Å². The number of hydrogen-bond donors (Lipinski definition) is 7. The fourth-order valence-corrected chi connectivity index (χ4v) is 12.2. The minimum Gasteiger partial charge on any atom is -0.449 e. The number of amides is 4. The van der Waals surface area contributed by atoms with E-state index < -0.39 is 21.9 Å². The Balaban J connectivity index is 0. The number of carbonyl (C=O) groups is 5. The number of alkyl halides is 1. The molecule has 0 radical (unpaired) electrons. The van der Waals surface area contributed by atoms with E-state index in [-0.39, 0.29) is 70.8 Å². The molecule has 0 aromatic heterocycles. The van der Waals surface area contributed by atoms with Gasteiger partial charge in [-0.2, -0.15) is 8.42 Å². The Morgan fingerprint density at radius 3 is 1.09 bits per heavy atom. The maximum Gasteiger partial charge on any atom is 0.410 e. The Labute approximate surface area is 770 Å². The third kappa shape index (κ3) is 62.4. The minimum atomic E-state index is -4.67. The van der Waals surface area contributed by atoms with Crippen LogP contribution in [0.25, 0.3) is 0 Å². The summed E-state index contributed by atoms with van der Waals surface area (Å²) in [4.78, 5) is 67.2. The first-order valence-electron chi connectivity index (χ1n) is 41.7. The van der Waals surface area contributed by atoms with E-state index >= 15 is 0 Å². The molecule has 708 valence electrons. The number of rotatable bonds is 28. The molecule has 4 amide bonds. The second-order valence-electron chi connectivity index (χ2n) is 27.8. The average Bonchev–Trinajstić information content (AvgIpc) is 1.67. The fraction of sp³-hybridized carbons (Fsp3) is 0.454. The largest absolute Gasteiger partial charge is 0.449 e. The topological polar surface area (TPSA) is 346 Å². The Kier molecular flexibility index (Phi) is 74.2. The number of aliphatic hydroxyl groups excluding tert-OH is 4. The predicted molar refractivity (Wildman–Crippen MR) is 510 cm³/mol. The molecule has 6 aromatic carbocycles. The standard InChI is InChI=1S/C16H21NO2.C15H21NO4.C15H21N.C14H17NO3.C14H17NO2.C8H7ClO2.C7H15NO2.C4H7Br.2CH4O.2CH4.H2O4S/c1-3-5-12-17(13-6-4-2)16(18)19-14-15-10-8-7-9-11-15;1-19-14-8-10-16(9-7-13(14)17)15(18)20-11-12-5-3-2-4-6-12;1-3-5-12-16(13-6-4-2)14-15-10-8-7-9-11-15;16-14(17-10-11-4-2-1-3-5-11)15-8-6-12-13(18-12)7-9-15;16-14(15-10-6-1-2-7-11-15)17-12-13-8-4-3-5-9-13;9-8(10)11-6-7-4-2-1-3-5-7;1-10-7-3-5-8-4-2-6(7)9;1-2-3-4-5;2*1-2;;;1-5(2,3)4/h3-4,7-11H,1-2,5-6,12-14H2;2-6,13-14,17H,7-11H2,1H3;3-4,7-11H,1-2,5-6,12-14H2;1-5,12-13H,6-10H2;1-5,8-9H,6-7,10-12H2;1-5H,6H2;6-9H,2-5H2,1H3;2H,1,3-4H2;2*2H,1H3;2*1H4;(H2,1,2,3,4)/t;13-,14-;;;;;6-,7-;;;;;;/m.0....0....../s1. The van der Waals surface area contributed by atoms with Crippen LogP contribution in [0.4, 0.5) is 24.0 Å². The lowest BCUT2D eigenvalue weighted by Crippen LogP contribution is -2.33. The molecule has 0 bridgehead atoms. The number of allylic oxidation sites excluding steroid dienone is 1. The highest BCUT2D eigenvalue weighted by Gasteiger charge is 2.41. The van der Waals surface area contributed by atoms with Crippen molar-refractivity contribution in [3.63, 3.8) is 0 Å². The van der Waals surface area contributed by atoms with E-state index in [1.54, 1.807) is 46.0 Å². The van der Waals surface area contributed by atoms with E-state index in [4.69, 9.17) is 72.5 Å². The van der Waals surface area contributed by atoms with E-state index in [0.717, 1.165) is 177 Å². The third-order valence-electron chi connectivity index (χ3n) is 18.5. The van der Waals surface area contributed by atoms with Crippen molar-refractivity contribution in [1.82, 2.24) is 29.8 Å². The van der Waals surface area contributed by atoms with Crippen molar-refractivity contribution in [2.45, 2.75) is 175 Å². The molecule has 2 unspecified atom stereocenters. The molecule has 5 aliphatic heterocycles. The van der Waals surface area contributed by atoms with Gasteiger partial charge < -0.3 is 83.2 Å². The zero-order valence-electron chi connectivity index (χ0n) is 73.2. The molecule has 5 aliphatic rings. The zero-order valence-corrected chi connectivity index (χ0v) is 76.4. The molecule has 0 aliphatic carbocycles. The third-order valence-corrected chi connectivity index (χ3v) is 19.1. The zero-order chi connectivity index (χ0) is 92.4. The number of benzene rings is 6. The fourth-order valence-electron chi connectivity index (χ4n) is 11.8. The molecule has 127 heavy (non-hydrogen) atoms. The molecule has 0 spiro atoms. The Hall–Kier alpha value is -9.41. The van der Waals surface area contributed by atoms with Crippen LogP contribution in [0.15, 0.2) is 257 Å². The van der Waals surface area contributed by atoms with Crippen molar-refractivity contribution in [3.05, 3.63) is 291 Å². The molecular formula is C97H144BrClN6O21S. The smallest absolute Gasteiger partial charge is 0.410 e. The molecule has 6 atom stereocenters. The molecule has 27 nitrogen and oxygen atoms in total. The molecule has 4 saturated heterocycles. The number of aliphatic hydroxyl groups is 4. The highest BCUT2D eigenvalue weighted by molar-refractivity contribution is 9.09. The van der Waals surface area contributed by atoms with Gasteiger partial charge in [0.05, 0.1) is 36.6 Å². The van der Waals surface area contributed by atoms with Gasteiger partial charge in [0.15, 0.2) is 0 Å². The van der Waals surface area contributed by atoms with Crippen LogP contribution in [0.5, 0.6) is 0 Å². The number of nitrogens with one attached hydrogen (secondary N) is 1. The highest BCUT2D eigenvalue weighted by atomic mass is 79.9. The number of methoxy groups -OCH3 is 2. The van der Waals surface area contributed by atoms with Crippen LogP contribution in [0.2, 0.25) is 0 Å². The summed E-state index contributed by atoms with van der Waals surface area (Å²) in [6, 6.07) is 58.7. The number of carbonyl (C=O) groups excluding carboxylic acids is 5. The highest BCUT2D eigenvalue weighted by Crippen LogP contribution is 2.31. The lowest BCUT2D eigenvalue weighted by atomic mass is 10.1. The van der Waals surface area contributed by atoms with Gasteiger partial charge in [-0.1, -0.05) is 255 Å². The minimum absolute atomic E-state index is 0. The predicted octanol–water partition coefficient (Wildman–Crippen LogP) is 18.5. The number of likely N-dealkylation sites (tertiary alicyclic amines) is 2. The van der Waals surface area contributed by atoms with Crippen LogP contribution in [-0.2, 0) is 87.9 Å². The van der Waals surface area contributed by atoms with Gasteiger partial charge in [-0.25, -0.2) is 24.0 Å². The van der Waals surface area contributed by atoms with Gasteiger partial charge in [-0.3, -0.25) is 14.0 Å². The Morgan fingerprint density at radius 2 is 0.748 bits per heavy atom.